The number of nitrogens with one attached hydrogen (secondary N) is 2. The molecule has 1 aliphatic rings. The van der Waals surface area contributed by atoms with Crippen molar-refractivity contribution in [2.45, 2.75) is 6.18 Å². The molecule has 0 aliphatic carbocycles. The van der Waals surface area contributed by atoms with Crippen LogP contribution in [0.1, 0.15) is 26.3 Å². The van der Waals surface area contributed by atoms with Crippen LogP contribution in [0.2, 0.25) is 0 Å². The Kier molecular flexibility index (Phi) is 7.22. The van der Waals surface area contributed by atoms with Gasteiger partial charge in [0.1, 0.15) is 10.7 Å². The lowest BCUT2D eigenvalue weighted by Gasteiger charge is -2.16. The monoisotopic (exact) mass is 543 g/mol. The van der Waals surface area contributed by atoms with Gasteiger partial charge in [0.2, 0.25) is 0 Å². The van der Waals surface area contributed by atoms with Crippen LogP contribution < -0.4 is 15.5 Å². The standard InChI is InChI=1S/C26H17ClF3N3O5/c1-38-25(37)15-6-3-10-19(12-15)33-23(35)20(27)21(24(33)36)31-17-8-2-5-14(11-17)22(34)32-18-9-4-7-16(13-18)26(28,29)30/h2-13,31H,1H3,(H,32,34). The fraction of sp³-hybridized carbons (Fsp3) is 0.0769. The maximum absolute atomic E-state index is 13.1. The maximum Gasteiger partial charge on any atom is 0.416 e. The molecule has 2 N–H and O–H groups in total. The first-order chi connectivity index (χ1) is 18.0. The van der Waals surface area contributed by atoms with Crippen molar-refractivity contribution in [2.24, 2.45) is 0 Å². The second-order valence-electron chi connectivity index (χ2n) is 7.92. The Hall–Kier alpha value is -4.64. The molecule has 1 aliphatic heterocycles. The predicted molar refractivity (Wildman–Crippen MR) is 133 cm³/mol. The Labute approximate surface area is 218 Å². The van der Waals surface area contributed by atoms with Crippen molar-refractivity contribution in [2.75, 3.05) is 22.6 Å². The number of carbonyl (C=O) groups is 4. The van der Waals surface area contributed by atoms with Gasteiger partial charge >= 0.3 is 12.1 Å². The second-order valence-corrected chi connectivity index (χ2v) is 8.29. The number of ether oxygens (including phenoxy) is 1. The van der Waals surface area contributed by atoms with Gasteiger partial charge in [0.05, 0.1) is 23.9 Å². The number of amides is 3. The van der Waals surface area contributed by atoms with Crippen LogP contribution in [0.15, 0.2) is 83.5 Å². The molecule has 0 saturated carbocycles. The Morgan fingerprint density at radius 2 is 1.53 bits per heavy atom. The van der Waals surface area contributed by atoms with Crippen molar-refractivity contribution < 1.29 is 37.1 Å². The van der Waals surface area contributed by atoms with Gasteiger partial charge in [0.25, 0.3) is 17.7 Å². The third kappa shape index (κ3) is 5.37. The summed E-state index contributed by atoms with van der Waals surface area (Å²) in [6, 6.07) is 15.5. The summed E-state index contributed by atoms with van der Waals surface area (Å²) in [4.78, 5) is 51.1. The number of esters is 1. The molecule has 4 rings (SSSR count). The molecule has 8 nitrogen and oxygen atoms in total. The Morgan fingerprint density at radius 3 is 2.24 bits per heavy atom. The molecule has 3 amide bonds. The van der Waals surface area contributed by atoms with Crippen LogP contribution in [0.25, 0.3) is 0 Å². The first-order valence-corrected chi connectivity index (χ1v) is 11.2. The molecular weight excluding hydrogens is 527 g/mol. The number of halogens is 4. The van der Waals surface area contributed by atoms with E-state index in [0.29, 0.717) is 0 Å². The summed E-state index contributed by atoms with van der Waals surface area (Å²) in [5, 5.41) is 4.70. The molecule has 0 unspecified atom stereocenters. The summed E-state index contributed by atoms with van der Waals surface area (Å²) in [7, 11) is 1.19. The smallest absolute Gasteiger partial charge is 0.416 e. The zero-order valence-corrected chi connectivity index (χ0v) is 20.2. The van der Waals surface area contributed by atoms with E-state index in [1.807, 2.05) is 0 Å². The summed E-state index contributed by atoms with van der Waals surface area (Å²) >= 11 is 6.15. The number of nitrogens with zero attached hydrogens (tertiary/aromatic N) is 1. The minimum Gasteiger partial charge on any atom is -0.465 e. The largest absolute Gasteiger partial charge is 0.465 e. The van der Waals surface area contributed by atoms with Crippen molar-refractivity contribution in [3.8, 4) is 0 Å². The summed E-state index contributed by atoms with van der Waals surface area (Å²) in [6.07, 6.45) is -4.57. The van der Waals surface area contributed by atoms with Crippen LogP contribution in [-0.4, -0.2) is 30.8 Å². The zero-order valence-electron chi connectivity index (χ0n) is 19.4. The molecule has 1 heterocycles. The van der Waals surface area contributed by atoms with Crippen LogP contribution in [0.4, 0.5) is 30.2 Å². The van der Waals surface area contributed by atoms with Gasteiger partial charge in [0.15, 0.2) is 0 Å². The van der Waals surface area contributed by atoms with E-state index < -0.39 is 40.5 Å². The quantitative estimate of drug-likeness (QED) is 0.328. The Morgan fingerprint density at radius 1 is 0.868 bits per heavy atom. The average molecular weight is 544 g/mol. The van der Waals surface area contributed by atoms with Gasteiger partial charge in [-0.3, -0.25) is 14.4 Å². The lowest BCUT2D eigenvalue weighted by atomic mass is 10.1. The topological polar surface area (TPSA) is 105 Å². The van der Waals surface area contributed by atoms with Gasteiger partial charge in [-0.05, 0) is 54.6 Å². The van der Waals surface area contributed by atoms with Crippen LogP contribution in [0.3, 0.4) is 0 Å². The molecular formula is C26H17ClF3N3O5. The summed E-state index contributed by atoms with van der Waals surface area (Å²) in [5.74, 6) is -3.01. The van der Waals surface area contributed by atoms with Crippen LogP contribution in [-0.2, 0) is 20.5 Å². The number of anilines is 3. The fourth-order valence-electron chi connectivity index (χ4n) is 3.59. The Bertz CT molecular complexity index is 1500. The van der Waals surface area contributed by atoms with Gasteiger partial charge in [-0.25, -0.2) is 9.69 Å². The third-order valence-electron chi connectivity index (χ3n) is 5.39. The first-order valence-electron chi connectivity index (χ1n) is 10.8. The summed E-state index contributed by atoms with van der Waals surface area (Å²) < 4.78 is 43.5. The van der Waals surface area contributed by atoms with E-state index in [2.05, 4.69) is 15.4 Å². The SMILES string of the molecule is COC(=O)c1cccc(N2C(=O)C(Cl)=C(Nc3cccc(C(=O)Nc4cccc(C(F)(F)F)c4)c3)C2=O)c1. The highest BCUT2D eigenvalue weighted by Gasteiger charge is 2.39. The highest BCUT2D eigenvalue weighted by atomic mass is 35.5. The summed E-state index contributed by atoms with van der Waals surface area (Å²) in [6.45, 7) is 0. The van der Waals surface area contributed by atoms with E-state index in [1.54, 1.807) is 0 Å². The number of hydrogen-bond acceptors (Lipinski definition) is 6. The number of imide groups is 1. The number of hydrogen-bond donors (Lipinski definition) is 2. The molecule has 194 valence electrons. The first kappa shape index (κ1) is 26.4. The molecule has 0 radical (unpaired) electrons. The Balaban J connectivity index is 1.53. The van der Waals surface area contributed by atoms with E-state index >= 15 is 0 Å². The predicted octanol–water partition coefficient (Wildman–Crippen LogP) is 5.18. The van der Waals surface area contributed by atoms with Crippen LogP contribution in [0, 0.1) is 0 Å². The normalized spacial score (nSPS) is 13.6. The zero-order chi connectivity index (χ0) is 27.6. The van der Waals surface area contributed by atoms with Crippen molar-refractivity contribution >= 4 is 52.4 Å². The van der Waals surface area contributed by atoms with Crippen LogP contribution >= 0.6 is 11.6 Å². The molecule has 3 aromatic carbocycles. The highest BCUT2D eigenvalue weighted by molar-refractivity contribution is 6.53. The minimum atomic E-state index is -4.57. The number of benzene rings is 3. The van der Waals surface area contributed by atoms with E-state index in [-0.39, 0.29) is 33.9 Å². The lowest BCUT2D eigenvalue weighted by molar-refractivity contribution is -0.137. The highest BCUT2D eigenvalue weighted by Crippen LogP contribution is 2.32. The summed E-state index contributed by atoms with van der Waals surface area (Å²) in [5.41, 5.74) is -0.774. The molecule has 0 saturated heterocycles. The fourth-order valence-corrected chi connectivity index (χ4v) is 3.81. The molecule has 3 aromatic rings. The van der Waals surface area contributed by atoms with Gasteiger partial charge in [-0.15, -0.1) is 0 Å². The van der Waals surface area contributed by atoms with Gasteiger partial charge < -0.3 is 15.4 Å². The van der Waals surface area contributed by atoms with Crippen LogP contribution in [0.5, 0.6) is 0 Å². The third-order valence-corrected chi connectivity index (χ3v) is 5.75. The maximum atomic E-state index is 13.1. The molecule has 0 aromatic heterocycles. The number of carbonyl (C=O) groups excluding carboxylic acids is 4. The molecule has 0 spiro atoms. The van der Waals surface area contributed by atoms with Gasteiger partial charge in [0, 0.05) is 16.9 Å². The lowest BCUT2D eigenvalue weighted by Crippen LogP contribution is -2.32. The molecule has 12 heteroatoms. The van der Waals surface area contributed by atoms with E-state index in [4.69, 9.17) is 11.6 Å². The number of alkyl halides is 3. The van der Waals surface area contributed by atoms with E-state index in [0.717, 1.165) is 17.0 Å². The molecule has 38 heavy (non-hydrogen) atoms. The molecule has 0 fully saturated rings. The van der Waals surface area contributed by atoms with Gasteiger partial charge in [-0.1, -0.05) is 29.8 Å². The molecule has 0 bridgehead atoms. The van der Waals surface area contributed by atoms with E-state index in [1.165, 1.54) is 67.8 Å². The van der Waals surface area contributed by atoms with Crippen molar-refractivity contribution in [1.82, 2.24) is 0 Å². The van der Waals surface area contributed by atoms with Crippen molar-refractivity contribution in [3.63, 3.8) is 0 Å². The van der Waals surface area contributed by atoms with Crippen molar-refractivity contribution in [1.29, 1.82) is 0 Å². The number of methoxy groups -OCH3 is 1. The minimum absolute atomic E-state index is 0.0588. The average Bonchev–Trinajstić information content (AvgIpc) is 3.11. The van der Waals surface area contributed by atoms with Crippen molar-refractivity contribution in [3.05, 3.63) is 100 Å². The second kappa shape index (κ2) is 10.4. The number of rotatable bonds is 6. The van der Waals surface area contributed by atoms with Gasteiger partial charge in [-0.2, -0.15) is 13.2 Å². The molecule has 0 atom stereocenters. The van der Waals surface area contributed by atoms with E-state index in [9.17, 15) is 32.3 Å².